The topological polar surface area (TPSA) is 75.3 Å². The number of amides is 1. The van der Waals surface area contributed by atoms with Gasteiger partial charge in [-0.2, -0.15) is 4.72 Å². The summed E-state index contributed by atoms with van der Waals surface area (Å²) in [6.45, 7) is 2.93. The Kier molecular flexibility index (Phi) is 5.30. The van der Waals surface area contributed by atoms with Crippen LogP contribution in [0.1, 0.15) is 12.5 Å². The zero-order valence-corrected chi connectivity index (χ0v) is 13.8. The van der Waals surface area contributed by atoms with Crippen molar-refractivity contribution in [1.82, 2.24) is 4.72 Å². The molecule has 0 fully saturated rings. The lowest BCUT2D eigenvalue weighted by atomic mass is 10.2. The maximum atomic E-state index is 13.5. The van der Waals surface area contributed by atoms with Crippen molar-refractivity contribution in [3.05, 3.63) is 59.7 Å². The molecule has 0 aliphatic rings. The van der Waals surface area contributed by atoms with E-state index < -0.39 is 33.6 Å². The molecule has 0 heterocycles. The number of nitrogens with one attached hydrogen (secondary N) is 2. The highest BCUT2D eigenvalue weighted by Gasteiger charge is 2.22. The number of aryl methyl sites for hydroxylation is 1. The second kappa shape index (κ2) is 7.06. The normalized spacial score (nSPS) is 12.7. The highest BCUT2D eigenvalue weighted by Crippen LogP contribution is 2.14. The van der Waals surface area contributed by atoms with E-state index in [4.69, 9.17) is 0 Å². The Morgan fingerprint density at radius 3 is 2.29 bits per heavy atom. The molecule has 0 aliphatic carbocycles. The predicted molar refractivity (Wildman–Crippen MR) is 86.0 cm³/mol. The number of benzene rings is 2. The first-order valence-electron chi connectivity index (χ1n) is 7.04. The predicted octanol–water partition coefficient (Wildman–Crippen LogP) is 2.58. The zero-order valence-electron chi connectivity index (χ0n) is 13.0. The monoisotopic (exact) mass is 354 g/mol. The van der Waals surface area contributed by atoms with Gasteiger partial charge in [0.05, 0.1) is 10.9 Å². The summed E-state index contributed by atoms with van der Waals surface area (Å²) in [7, 11) is -3.98. The van der Waals surface area contributed by atoms with E-state index in [1.807, 2.05) is 0 Å². The highest BCUT2D eigenvalue weighted by atomic mass is 32.2. The van der Waals surface area contributed by atoms with Gasteiger partial charge < -0.3 is 5.32 Å². The molecular weight excluding hydrogens is 338 g/mol. The van der Waals surface area contributed by atoms with Crippen LogP contribution in [-0.2, 0) is 14.8 Å². The van der Waals surface area contributed by atoms with Crippen LogP contribution in [0.25, 0.3) is 0 Å². The first-order chi connectivity index (χ1) is 11.2. The summed E-state index contributed by atoms with van der Waals surface area (Å²) in [5.74, 6) is -1.70. The van der Waals surface area contributed by atoms with E-state index in [2.05, 4.69) is 10.0 Å². The fourth-order valence-electron chi connectivity index (χ4n) is 1.89. The number of halogens is 2. The molecular formula is C16H16F2N2O3S. The Labute approximate surface area is 138 Å². The van der Waals surface area contributed by atoms with E-state index in [1.54, 1.807) is 6.92 Å². The van der Waals surface area contributed by atoms with Crippen LogP contribution in [0.4, 0.5) is 14.5 Å². The van der Waals surface area contributed by atoms with Gasteiger partial charge in [-0.25, -0.2) is 17.2 Å². The third-order valence-corrected chi connectivity index (χ3v) is 4.85. The molecule has 0 aromatic heterocycles. The molecule has 0 saturated heterocycles. The van der Waals surface area contributed by atoms with Crippen LogP contribution in [0.2, 0.25) is 0 Å². The molecule has 1 atom stereocenters. The third kappa shape index (κ3) is 4.36. The number of carbonyl (C=O) groups is 1. The quantitative estimate of drug-likeness (QED) is 0.867. The maximum absolute atomic E-state index is 13.5. The molecule has 128 valence electrons. The number of hydrogen-bond acceptors (Lipinski definition) is 3. The van der Waals surface area contributed by atoms with E-state index in [-0.39, 0.29) is 10.6 Å². The van der Waals surface area contributed by atoms with Gasteiger partial charge in [-0.3, -0.25) is 4.79 Å². The minimum absolute atomic E-state index is 0.162. The van der Waals surface area contributed by atoms with Gasteiger partial charge in [0, 0.05) is 5.69 Å². The van der Waals surface area contributed by atoms with Gasteiger partial charge in [0.25, 0.3) is 0 Å². The molecule has 8 heteroatoms. The number of anilines is 1. The molecule has 2 rings (SSSR count). The van der Waals surface area contributed by atoms with Crippen molar-refractivity contribution in [3.8, 4) is 0 Å². The molecule has 0 saturated carbocycles. The van der Waals surface area contributed by atoms with Crippen LogP contribution >= 0.6 is 0 Å². The molecule has 0 radical (unpaired) electrons. The van der Waals surface area contributed by atoms with Crippen molar-refractivity contribution in [3.63, 3.8) is 0 Å². The fourth-order valence-corrected chi connectivity index (χ4v) is 3.09. The minimum atomic E-state index is -3.98. The van der Waals surface area contributed by atoms with Gasteiger partial charge in [-0.05, 0) is 55.8 Å². The number of hydrogen-bond donors (Lipinski definition) is 2. The number of sulfonamides is 1. The molecule has 1 amide bonds. The van der Waals surface area contributed by atoms with Crippen LogP contribution in [-0.4, -0.2) is 20.4 Å². The summed E-state index contributed by atoms with van der Waals surface area (Å²) in [5, 5.41) is 2.43. The zero-order chi connectivity index (χ0) is 17.9. The van der Waals surface area contributed by atoms with Crippen LogP contribution in [0, 0.1) is 18.6 Å². The Balaban J connectivity index is 2.07. The summed E-state index contributed by atoms with van der Waals surface area (Å²) in [6, 6.07) is 7.26. The number of carbonyl (C=O) groups excluding carboxylic acids is 1. The van der Waals surface area contributed by atoms with Crippen LogP contribution in [0.15, 0.2) is 47.4 Å². The van der Waals surface area contributed by atoms with Gasteiger partial charge in [-0.15, -0.1) is 0 Å². The Morgan fingerprint density at radius 2 is 1.71 bits per heavy atom. The molecule has 0 aliphatic heterocycles. The molecule has 2 aromatic rings. The van der Waals surface area contributed by atoms with Crippen molar-refractivity contribution in [1.29, 1.82) is 0 Å². The second-order valence-corrected chi connectivity index (χ2v) is 6.96. The summed E-state index contributed by atoms with van der Waals surface area (Å²) >= 11 is 0. The van der Waals surface area contributed by atoms with E-state index in [1.165, 1.54) is 19.1 Å². The van der Waals surface area contributed by atoms with Crippen molar-refractivity contribution < 1.29 is 22.0 Å². The van der Waals surface area contributed by atoms with Gasteiger partial charge in [-0.1, -0.05) is 6.07 Å². The maximum Gasteiger partial charge on any atom is 0.242 e. The van der Waals surface area contributed by atoms with Crippen molar-refractivity contribution in [2.45, 2.75) is 24.8 Å². The minimum Gasteiger partial charge on any atom is -0.325 e. The lowest BCUT2D eigenvalue weighted by Gasteiger charge is -2.15. The van der Waals surface area contributed by atoms with Crippen molar-refractivity contribution in [2.75, 3.05) is 5.32 Å². The van der Waals surface area contributed by atoms with Crippen LogP contribution < -0.4 is 10.0 Å². The average Bonchev–Trinajstić information content (AvgIpc) is 2.51. The van der Waals surface area contributed by atoms with Crippen molar-refractivity contribution in [2.24, 2.45) is 0 Å². The summed E-state index contributed by atoms with van der Waals surface area (Å²) in [4.78, 5) is 11.9. The number of rotatable bonds is 5. The van der Waals surface area contributed by atoms with E-state index in [0.717, 1.165) is 30.3 Å². The lowest BCUT2D eigenvalue weighted by Crippen LogP contribution is -2.41. The molecule has 0 spiro atoms. The van der Waals surface area contributed by atoms with E-state index in [0.29, 0.717) is 5.56 Å². The molecule has 24 heavy (non-hydrogen) atoms. The molecule has 0 bridgehead atoms. The smallest absolute Gasteiger partial charge is 0.242 e. The summed E-state index contributed by atoms with van der Waals surface area (Å²) in [5.41, 5.74) is 0.647. The van der Waals surface area contributed by atoms with Crippen LogP contribution in [0.5, 0.6) is 0 Å². The SMILES string of the molecule is Cc1ccc(NC(=O)[C@@H](C)NS(=O)(=O)c2ccc(F)cc2)cc1F. The van der Waals surface area contributed by atoms with Crippen LogP contribution in [0.3, 0.4) is 0 Å². The molecule has 2 N–H and O–H groups in total. The average molecular weight is 354 g/mol. The molecule has 2 aromatic carbocycles. The lowest BCUT2D eigenvalue weighted by molar-refractivity contribution is -0.117. The van der Waals surface area contributed by atoms with E-state index >= 15 is 0 Å². The summed E-state index contributed by atoms with van der Waals surface area (Å²) < 4.78 is 52.8. The first kappa shape index (κ1) is 18.0. The summed E-state index contributed by atoms with van der Waals surface area (Å²) in [6.07, 6.45) is 0. The van der Waals surface area contributed by atoms with Crippen molar-refractivity contribution >= 4 is 21.6 Å². The second-order valence-electron chi connectivity index (χ2n) is 5.25. The fraction of sp³-hybridized carbons (Fsp3) is 0.188. The Hall–Kier alpha value is -2.32. The van der Waals surface area contributed by atoms with Gasteiger partial charge in [0.2, 0.25) is 15.9 Å². The van der Waals surface area contributed by atoms with Gasteiger partial charge in [0.1, 0.15) is 11.6 Å². The molecule has 5 nitrogen and oxygen atoms in total. The van der Waals surface area contributed by atoms with Gasteiger partial charge in [0.15, 0.2) is 0 Å². The third-order valence-electron chi connectivity index (χ3n) is 3.29. The van der Waals surface area contributed by atoms with Gasteiger partial charge >= 0.3 is 0 Å². The Morgan fingerprint density at radius 1 is 1.08 bits per heavy atom. The van der Waals surface area contributed by atoms with E-state index in [9.17, 15) is 22.0 Å². The largest absolute Gasteiger partial charge is 0.325 e. The molecule has 0 unspecified atom stereocenters. The Bertz CT molecular complexity index is 852. The highest BCUT2D eigenvalue weighted by molar-refractivity contribution is 7.89. The first-order valence-corrected chi connectivity index (χ1v) is 8.52. The standard InChI is InChI=1S/C16H16F2N2O3S/c1-10-3-6-13(9-15(10)18)19-16(21)11(2)20-24(22,23)14-7-4-12(17)5-8-14/h3-9,11,20H,1-2H3,(H,19,21)/t11-/m1/s1.